The number of fused-ring (bicyclic) bond motifs is 5. The molecule has 0 bridgehead atoms. The van der Waals surface area contributed by atoms with E-state index in [0.29, 0.717) is 24.7 Å². The lowest BCUT2D eigenvalue weighted by Crippen LogP contribution is -2.54. The van der Waals surface area contributed by atoms with E-state index in [1.165, 1.54) is 12.5 Å². The van der Waals surface area contributed by atoms with E-state index >= 15 is 0 Å². The molecule has 0 aromatic carbocycles. The number of ketones is 2. The highest BCUT2D eigenvalue weighted by Crippen LogP contribution is 2.66. The van der Waals surface area contributed by atoms with Crippen molar-refractivity contribution in [2.75, 3.05) is 0 Å². The normalized spacial score (nSPS) is 45.9. The minimum absolute atomic E-state index is 0.0981. The Morgan fingerprint density at radius 2 is 2.04 bits per heavy atom. The fraction of sp³-hybridized carbons (Fsp3) is 0.636. The van der Waals surface area contributed by atoms with Crippen LogP contribution in [0, 0.1) is 22.7 Å². The van der Waals surface area contributed by atoms with Crippen molar-refractivity contribution in [2.45, 2.75) is 64.9 Å². The van der Waals surface area contributed by atoms with Gasteiger partial charge in [-0.2, -0.15) is 0 Å². The molecule has 2 unspecified atom stereocenters. The van der Waals surface area contributed by atoms with E-state index in [9.17, 15) is 14.7 Å². The lowest BCUT2D eigenvalue weighted by molar-refractivity contribution is -0.150. The van der Waals surface area contributed by atoms with Gasteiger partial charge in [0.05, 0.1) is 0 Å². The standard InChI is InChI=1S/C22H28O3/c1-13-11-16-17(20(3)8-5-15(24)12-19(13)20)6-9-21(4)18(16)7-10-22(21,25)14(2)23/h6,12,16,18,25H,1,5,7-11H2,2-4H3/t16?,18?,20-,21+,22+/m1/s1. The van der Waals surface area contributed by atoms with Crippen LogP contribution in [0.5, 0.6) is 0 Å². The molecule has 4 aliphatic carbocycles. The van der Waals surface area contributed by atoms with Crippen molar-refractivity contribution in [1.82, 2.24) is 0 Å². The lowest BCUT2D eigenvalue weighted by Gasteiger charge is -2.54. The van der Waals surface area contributed by atoms with E-state index in [1.807, 2.05) is 6.08 Å². The summed E-state index contributed by atoms with van der Waals surface area (Å²) in [5.41, 5.74) is 1.91. The number of carbonyl (C=O) groups excluding carboxylic acids is 2. The zero-order chi connectivity index (χ0) is 18.2. The van der Waals surface area contributed by atoms with Gasteiger partial charge in [0.2, 0.25) is 0 Å². The Labute approximate surface area is 149 Å². The quantitative estimate of drug-likeness (QED) is 0.736. The molecule has 2 saturated carbocycles. The van der Waals surface area contributed by atoms with Gasteiger partial charge in [-0.25, -0.2) is 0 Å². The molecule has 0 aromatic heterocycles. The molecule has 1 N–H and O–H groups in total. The van der Waals surface area contributed by atoms with E-state index in [0.717, 1.165) is 36.8 Å². The van der Waals surface area contributed by atoms with Gasteiger partial charge in [-0.05, 0) is 62.5 Å². The number of hydrogen-bond acceptors (Lipinski definition) is 3. The molecule has 5 atom stereocenters. The Morgan fingerprint density at radius 1 is 1.32 bits per heavy atom. The van der Waals surface area contributed by atoms with E-state index in [1.54, 1.807) is 0 Å². The van der Waals surface area contributed by atoms with Crippen molar-refractivity contribution in [3.8, 4) is 0 Å². The summed E-state index contributed by atoms with van der Waals surface area (Å²) in [5, 5.41) is 11.2. The molecule has 4 rings (SSSR count). The fourth-order valence-corrected chi connectivity index (χ4v) is 6.46. The molecule has 0 heterocycles. The predicted molar refractivity (Wildman–Crippen MR) is 96.8 cm³/mol. The van der Waals surface area contributed by atoms with E-state index in [2.05, 4.69) is 26.5 Å². The molecule has 134 valence electrons. The topological polar surface area (TPSA) is 54.4 Å². The lowest BCUT2D eigenvalue weighted by atomic mass is 9.50. The van der Waals surface area contributed by atoms with Crippen molar-refractivity contribution < 1.29 is 14.7 Å². The van der Waals surface area contributed by atoms with Crippen molar-refractivity contribution in [3.63, 3.8) is 0 Å². The Hall–Kier alpha value is -1.48. The second-order valence-corrected chi connectivity index (χ2v) is 9.11. The molecule has 0 radical (unpaired) electrons. The van der Waals surface area contributed by atoms with E-state index < -0.39 is 11.0 Å². The predicted octanol–water partition coefficient (Wildman–Crippen LogP) is 3.92. The second-order valence-electron chi connectivity index (χ2n) is 9.11. The summed E-state index contributed by atoms with van der Waals surface area (Å²) in [4.78, 5) is 24.2. The summed E-state index contributed by atoms with van der Waals surface area (Å²) < 4.78 is 0. The summed E-state index contributed by atoms with van der Waals surface area (Å²) in [7, 11) is 0. The van der Waals surface area contributed by atoms with Crippen LogP contribution in [0.25, 0.3) is 0 Å². The second kappa shape index (κ2) is 5.03. The van der Waals surface area contributed by atoms with Crippen LogP contribution in [0.4, 0.5) is 0 Å². The molecule has 2 fully saturated rings. The first-order valence-corrected chi connectivity index (χ1v) is 9.50. The summed E-state index contributed by atoms with van der Waals surface area (Å²) >= 11 is 0. The number of aliphatic hydroxyl groups is 1. The highest BCUT2D eigenvalue weighted by Gasteiger charge is 2.63. The van der Waals surface area contributed by atoms with Gasteiger partial charge < -0.3 is 5.11 Å². The monoisotopic (exact) mass is 340 g/mol. The van der Waals surface area contributed by atoms with Crippen molar-refractivity contribution in [3.05, 3.63) is 35.5 Å². The van der Waals surface area contributed by atoms with Gasteiger partial charge in [0.25, 0.3) is 0 Å². The minimum Gasteiger partial charge on any atom is -0.381 e. The van der Waals surface area contributed by atoms with E-state index in [4.69, 9.17) is 0 Å². The fourth-order valence-electron chi connectivity index (χ4n) is 6.46. The molecule has 0 aliphatic heterocycles. The Bertz CT molecular complexity index is 757. The smallest absolute Gasteiger partial charge is 0.161 e. The molecule has 0 saturated heterocycles. The number of Topliss-reactive ketones (excluding diaryl/α,β-unsaturated/α-hetero) is 1. The highest BCUT2D eigenvalue weighted by molar-refractivity contribution is 5.93. The third kappa shape index (κ3) is 1.96. The Morgan fingerprint density at radius 3 is 2.72 bits per heavy atom. The zero-order valence-corrected chi connectivity index (χ0v) is 15.5. The average molecular weight is 340 g/mol. The largest absolute Gasteiger partial charge is 0.381 e. The van der Waals surface area contributed by atoms with Crippen LogP contribution in [-0.4, -0.2) is 22.3 Å². The number of hydrogen-bond donors (Lipinski definition) is 1. The Kier molecular flexibility index (Phi) is 3.41. The minimum atomic E-state index is -1.21. The maximum absolute atomic E-state index is 12.2. The van der Waals surface area contributed by atoms with Crippen LogP contribution in [0.3, 0.4) is 0 Å². The van der Waals surface area contributed by atoms with Crippen LogP contribution in [0.1, 0.15) is 59.3 Å². The first-order chi connectivity index (χ1) is 11.6. The van der Waals surface area contributed by atoms with Crippen LogP contribution in [0.15, 0.2) is 35.5 Å². The zero-order valence-electron chi connectivity index (χ0n) is 15.5. The van der Waals surface area contributed by atoms with E-state index in [-0.39, 0.29) is 17.0 Å². The molecule has 0 amide bonds. The van der Waals surface area contributed by atoms with Gasteiger partial charge in [0.15, 0.2) is 11.6 Å². The third-order valence-electron chi connectivity index (χ3n) is 8.05. The highest BCUT2D eigenvalue weighted by atomic mass is 16.3. The summed E-state index contributed by atoms with van der Waals surface area (Å²) in [6, 6.07) is 0. The number of carbonyl (C=O) groups is 2. The van der Waals surface area contributed by atoms with Crippen molar-refractivity contribution in [2.24, 2.45) is 22.7 Å². The SMILES string of the molecule is C=C1CC2C(=CC[C@@]3(C)C2CC[C@]3(O)C(C)=O)[C@@]2(C)CCC(=O)C=C12. The molecular weight excluding hydrogens is 312 g/mol. The molecule has 3 heteroatoms. The van der Waals surface area contributed by atoms with Gasteiger partial charge in [0.1, 0.15) is 5.60 Å². The molecule has 0 aromatic rings. The number of allylic oxidation sites excluding steroid dienone is 5. The van der Waals surface area contributed by atoms with Crippen LogP contribution < -0.4 is 0 Å². The molecule has 0 spiro atoms. The molecule has 25 heavy (non-hydrogen) atoms. The van der Waals surface area contributed by atoms with Crippen LogP contribution in [-0.2, 0) is 9.59 Å². The maximum Gasteiger partial charge on any atom is 0.161 e. The molecule has 4 aliphatic rings. The van der Waals surface area contributed by atoms with Crippen molar-refractivity contribution in [1.29, 1.82) is 0 Å². The summed E-state index contributed by atoms with van der Waals surface area (Å²) in [6.07, 6.45) is 8.57. The van der Waals surface area contributed by atoms with Gasteiger partial charge in [-0.1, -0.05) is 37.6 Å². The molecular formula is C22H28O3. The van der Waals surface area contributed by atoms with Crippen LogP contribution >= 0.6 is 0 Å². The Balaban J connectivity index is 1.82. The summed E-state index contributed by atoms with van der Waals surface area (Å²) in [5.74, 6) is 0.739. The van der Waals surface area contributed by atoms with Crippen LogP contribution in [0.2, 0.25) is 0 Å². The maximum atomic E-state index is 12.2. The van der Waals surface area contributed by atoms with Gasteiger partial charge in [-0.3, -0.25) is 9.59 Å². The van der Waals surface area contributed by atoms with Gasteiger partial charge in [0, 0.05) is 17.3 Å². The van der Waals surface area contributed by atoms with Gasteiger partial charge in [-0.15, -0.1) is 0 Å². The van der Waals surface area contributed by atoms with Gasteiger partial charge >= 0.3 is 0 Å². The first-order valence-electron chi connectivity index (χ1n) is 9.50. The summed E-state index contributed by atoms with van der Waals surface area (Å²) in [6.45, 7) is 10.2. The first kappa shape index (κ1) is 17.0. The molecule has 3 nitrogen and oxygen atoms in total. The number of rotatable bonds is 1. The van der Waals surface area contributed by atoms with Crippen molar-refractivity contribution >= 4 is 11.6 Å². The average Bonchev–Trinajstić information content (AvgIpc) is 2.83. The third-order valence-corrected chi connectivity index (χ3v) is 8.05.